The normalized spacial score (nSPS) is 13.1. The Morgan fingerprint density at radius 2 is 1.49 bits per heavy atom. The molecular weight excluding hydrogens is 440 g/mol. The van der Waals surface area contributed by atoms with Crippen molar-refractivity contribution in [1.82, 2.24) is 10.4 Å². The van der Waals surface area contributed by atoms with Crippen LogP contribution in [0.1, 0.15) is 42.9 Å². The molecule has 3 aromatic rings. The first-order valence-corrected chi connectivity index (χ1v) is 12.1. The van der Waals surface area contributed by atoms with Crippen LogP contribution in [0.25, 0.3) is 11.1 Å². The van der Waals surface area contributed by atoms with Gasteiger partial charge in [0.05, 0.1) is 6.54 Å². The molecule has 0 saturated heterocycles. The van der Waals surface area contributed by atoms with Crippen molar-refractivity contribution in [2.24, 2.45) is 5.92 Å². The zero-order valence-electron chi connectivity index (χ0n) is 20.2. The van der Waals surface area contributed by atoms with Crippen LogP contribution in [0.5, 0.6) is 0 Å². The van der Waals surface area contributed by atoms with Gasteiger partial charge in [0, 0.05) is 5.92 Å². The monoisotopic (exact) mass is 472 g/mol. The van der Waals surface area contributed by atoms with E-state index >= 15 is 0 Å². The zero-order chi connectivity index (χ0) is 24.8. The Balaban J connectivity index is 1.38. The number of amides is 2. The van der Waals surface area contributed by atoms with Crippen molar-refractivity contribution in [3.05, 3.63) is 95.6 Å². The summed E-state index contributed by atoms with van der Waals surface area (Å²) >= 11 is 0. The number of benzene rings is 3. The maximum absolute atomic E-state index is 12.9. The Kier molecular flexibility index (Phi) is 7.83. The molecule has 3 aromatic carbocycles. The second kappa shape index (κ2) is 11.2. The van der Waals surface area contributed by atoms with E-state index in [1.807, 2.05) is 68.4 Å². The average Bonchev–Trinajstić information content (AvgIpc) is 3.19. The highest BCUT2D eigenvalue weighted by Gasteiger charge is 2.30. The molecule has 0 aliphatic heterocycles. The van der Waals surface area contributed by atoms with Gasteiger partial charge in [-0.2, -0.15) is 0 Å². The van der Waals surface area contributed by atoms with Gasteiger partial charge in [-0.25, -0.2) is 9.86 Å². The summed E-state index contributed by atoms with van der Waals surface area (Å²) in [5, 5.41) is 13.8. The van der Waals surface area contributed by atoms with Crippen LogP contribution in [0.2, 0.25) is 0 Å². The summed E-state index contributed by atoms with van der Waals surface area (Å²) in [6, 6.07) is 25.0. The molecule has 0 radical (unpaired) electrons. The molecule has 0 aromatic heterocycles. The van der Waals surface area contributed by atoms with E-state index in [1.165, 1.54) is 0 Å². The Morgan fingerprint density at radius 3 is 2.09 bits per heavy atom. The minimum absolute atomic E-state index is 0.0624. The van der Waals surface area contributed by atoms with Crippen LogP contribution in [0, 0.1) is 5.92 Å². The van der Waals surface area contributed by atoms with Crippen LogP contribution in [0.4, 0.5) is 4.79 Å². The fraction of sp³-hybridized carbons (Fsp3) is 0.310. The van der Waals surface area contributed by atoms with Gasteiger partial charge in [-0.3, -0.25) is 10.0 Å². The molecule has 6 nitrogen and oxygen atoms in total. The number of rotatable bonds is 9. The molecule has 2 amide bonds. The van der Waals surface area contributed by atoms with Gasteiger partial charge in [0.15, 0.2) is 0 Å². The number of fused-ring (bicyclic) bond motifs is 3. The fourth-order valence-electron chi connectivity index (χ4n) is 4.64. The smallest absolute Gasteiger partial charge is 0.407 e. The first kappa shape index (κ1) is 24.5. The highest BCUT2D eigenvalue weighted by molar-refractivity contribution is 5.85. The average molecular weight is 473 g/mol. The molecule has 2 N–H and O–H groups in total. The number of alkyl carbamates (subject to hydrolysis) is 1. The van der Waals surface area contributed by atoms with Gasteiger partial charge in [0.1, 0.15) is 12.6 Å². The lowest BCUT2D eigenvalue weighted by molar-refractivity contribution is -0.167. The Hall–Kier alpha value is -3.64. The van der Waals surface area contributed by atoms with Gasteiger partial charge in [-0.05, 0) is 46.6 Å². The van der Waals surface area contributed by atoms with E-state index in [0.717, 1.165) is 27.8 Å². The lowest BCUT2D eigenvalue weighted by Gasteiger charge is -2.24. The number of hydrogen-bond acceptors (Lipinski definition) is 4. The van der Waals surface area contributed by atoms with Crippen molar-refractivity contribution in [2.75, 3.05) is 13.2 Å². The lowest BCUT2D eigenvalue weighted by Crippen LogP contribution is -2.49. The van der Waals surface area contributed by atoms with Gasteiger partial charge in [0.2, 0.25) is 0 Å². The van der Waals surface area contributed by atoms with Crippen molar-refractivity contribution >= 4 is 12.0 Å². The van der Waals surface area contributed by atoms with Crippen LogP contribution in [-0.2, 0) is 16.0 Å². The maximum Gasteiger partial charge on any atom is 0.407 e. The van der Waals surface area contributed by atoms with Crippen molar-refractivity contribution in [3.63, 3.8) is 0 Å². The number of carbonyl (C=O) groups excluding carboxylic acids is 2. The summed E-state index contributed by atoms with van der Waals surface area (Å²) in [5.41, 5.74) is 5.57. The summed E-state index contributed by atoms with van der Waals surface area (Å²) in [6.45, 7) is 4.24. The molecule has 0 bridgehead atoms. The SMILES string of the molecule is CC(C)C[C@H](NC(=O)OCC1c2ccccc2-c2ccccc21)C(=O)N(O)CCc1ccccc1. The largest absolute Gasteiger partial charge is 0.449 e. The van der Waals surface area contributed by atoms with Crippen LogP contribution in [0.3, 0.4) is 0 Å². The number of hydrogen-bond donors (Lipinski definition) is 2. The standard InChI is InChI=1S/C29H32N2O4/c1-20(2)18-27(28(32)31(34)17-16-21-10-4-3-5-11-21)30-29(33)35-19-26-24-14-8-6-12-22(24)23-13-7-9-15-25(23)26/h3-15,20,26-27,34H,16-19H2,1-2H3,(H,30,33)/t27-/m0/s1. The first-order chi connectivity index (χ1) is 16.9. The minimum atomic E-state index is -0.869. The van der Waals surface area contributed by atoms with Crippen molar-refractivity contribution < 1.29 is 19.5 Å². The molecule has 0 unspecified atom stereocenters. The lowest BCUT2D eigenvalue weighted by atomic mass is 9.98. The highest BCUT2D eigenvalue weighted by Crippen LogP contribution is 2.44. The Bertz CT molecular complexity index is 1120. The second-order valence-electron chi connectivity index (χ2n) is 9.35. The number of hydroxylamine groups is 2. The number of carbonyl (C=O) groups is 2. The molecule has 35 heavy (non-hydrogen) atoms. The molecular formula is C29H32N2O4. The molecule has 4 rings (SSSR count). The molecule has 182 valence electrons. The van der Waals surface area contributed by atoms with Crippen LogP contribution >= 0.6 is 0 Å². The molecule has 0 heterocycles. The molecule has 1 aliphatic rings. The summed E-state index contributed by atoms with van der Waals surface area (Å²) in [5.74, 6) is -0.462. The predicted octanol–water partition coefficient (Wildman–Crippen LogP) is 5.40. The van der Waals surface area contributed by atoms with E-state index in [1.54, 1.807) is 0 Å². The van der Waals surface area contributed by atoms with Crippen LogP contribution in [0.15, 0.2) is 78.9 Å². The molecule has 0 spiro atoms. The number of ether oxygens (including phenoxy) is 1. The van der Waals surface area contributed by atoms with E-state index in [0.29, 0.717) is 17.9 Å². The van der Waals surface area contributed by atoms with Gasteiger partial charge in [-0.15, -0.1) is 0 Å². The van der Waals surface area contributed by atoms with Crippen molar-refractivity contribution in [2.45, 2.75) is 38.6 Å². The molecule has 1 aliphatic carbocycles. The third-order valence-electron chi connectivity index (χ3n) is 6.35. The molecule has 6 heteroatoms. The third-order valence-corrected chi connectivity index (χ3v) is 6.35. The van der Waals surface area contributed by atoms with Gasteiger partial charge < -0.3 is 10.1 Å². The van der Waals surface area contributed by atoms with Gasteiger partial charge in [0.25, 0.3) is 5.91 Å². The Morgan fingerprint density at radius 1 is 0.914 bits per heavy atom. The summed E-state index contributed by atoms with van der Waals surface area (Å²) in [6.07, 6.45) is 0.246. The molecule has 0 fully saturated rings. The minimum Gasteiger partial charge on any atom is -0.449 e. The number of nitrogens with zero attached hydrogens (tertiary/aromatic N) is 1. The maximum atomic E-state index is 12.9. The predicted molar refractivity (Wildman–Crippen MR) is 135 cm³/mol. The number of nitrogens with one attached hydrogen (secondary N) is 1. The van der Waals surface area contributed by atoms with E-state index in [9.17, 15) is 14.8 Å². The van der Waals surface area contributed by atoms with Gasteiger partial charge >= 0.3 is 6.09 Å². The zero-order valence-corrected chi connectivity index (χ0v) is 20.2. The van der Waals surface area contributed by atoms with Crippen molar-refractivity contribution in [3.8, 4) is 11.1 Å². The summed E-state index contributed by atoms with van der Waals surface area (Å²) in [4.78, 5) is 25.7. The fourth-order valence-corrected chi connectivity index (χ4v) is 4.64. The highest BCUT2D eigenvalue weighted by atomic mass is 16.5. The molecule has 1 atom stereocenters. The third kappa shape index (κ3) is 5.89. The van der Waals surface area contributed by atoms with E-state index in [-0.39, 0.29) is 25.0 Å². The van der Waals surface area contributed by atoms with Crippen LogP contribution < -0.4 is 5.32 Å². The van der Waals surface area contributed by atoms with Gasteiger partial charge in [-0.1, -0.05) is 92.7 Å². The quantitative estimate of drug-likeness (QED) is 0.323. The van der Waals surface area contributed by atoms with Crippen LogP contribution in [-0.4, -0.2) is 41.5 Å². The van der Waals surface area contributed by atoms with E-state index < -0.39 is 18.0 Å². The Labute approximate surface area is 206 Å². The van der Waals surface area contributed by atoms with E-state index in [4.69, 9.17) is 4.74 Å². The molecule has 0 saturated carbocycles. The van der Waals surface area contributed by atoms with E-state index in [2.05, 4.69) is 29.6 Å². The topological polar surface area (TPSA) is 78.9 Å². The summed E-state index contributed by atoms with van der Waals surface area (Å²) < 4.78 is 5.61. The van der Waals surface area contributed by atoms with Crippen molar-refractivity contribution in [1.29, 1.82) is 0 Å². The second-order valence-corrected chi connectivity index (χ2v) is 9.35. The summed E-state index contributed by atoms with van der Waals surface area (Å²) in [7, 11) is 0. The first-order valence-electron chi connectivity index (χ1n) is 12.1.